The highest BCUT2D eigenvalue weighted by atomic mass is 79.9. The molecule has 0 aliphatic carbocycles. The highest BCUT2D eigenvalue weighted by Crippen LogP contribution is 2.30. The van der Waals surface area contributed by atoms with E-state index in [0.717, 1.165) is 10.0 Å². The first-order valence-corrected chi connectivity index (χ1v) is 10.4. The van der Waals surface area contributed by atoms with E-state index in [9.17, 15) is 9.59 Å². The number of halogens is 1. The molecule has 7 heteroatoms. The zero-order valence-corrected chi connectivity index (χ0v) is 18.5. The van der Waals surface area contributed by atoms with E-state index in [0.29, 0.717) is 33.8 Å². The molecule has 0 N–H and O–H groups in total. The van der Waals surface area contributed by atoms with E-state index < -0.39 is 5.97 Å². The molecule has 0 bridgehead atoms. The van der Waals surface area contributed by atoms with E-state index in [1.807, 2.05) is 24.3 Å². The van der Waals surface area contributed by atoms with Crippen LogP contribution in [0.25, 0.3) is 16.8 Å². The molecule has 156 valence electrons. The number of carbonyl (C=O) groups excluding carboxylic acids is 2. The molecule has 2 aromatic carbocycles. The van der Waals surface area contributed by atoms with Gasteiger partial charge in [-0.2, -0.15) is 0 Å². The van der Waals surface area contributed by atoms with E-state index in [1.54, 1.807) is 61.2 Å². The van der Waals surface area contributed by atoms with Crippen LogP contribution in [-0.4, -0.2) is 34.9 Å². The molecule has 0 spiro atoms. The van der Waals surface area contributed by atoms with Gasteiger partial charge in [-0.1, -0.05) is 28.1 Å². The number of methoxy groups -OCH3 is 1. The third kappa shape index (κ3) is 3.96. The van der Waals surface area contributed by atoms with Crippen LogP contribution in [0.5, 0.6) is 5.75 Å². The van der Waals surface area contributed by atoms with E-state index >= 15 is 0 Å². The van der Waals surface area contributed by atoms with Crippen molar-refractivity contribution >= 4 is 33.2 Å². The summed E-state index contributed by atoms with van der Waals surface area (Å²) in [5.74, 6) is -0.0494. The summed E-state index contributed by atoms with van der Waals surface area (Å²) in [5.41, 5.74) is 3.09. The number of esters is 1. The lowest BCUT2D eigenvalue weighted by atomic mass is 10.1. The van der Waals surface area contributed by atoms with E-state index in [4.69, 9.17) is 9.47 Å². The van der Waals surface area contributed by atoms with E-state index in [-0.39, 0.29) is 12.4 Å². The van der Waals surface area contributed by atoms with Gasteiger partial charge in [0.1, 0.15) is 12.1 Å². The molecular formula is C24H19BrN2O4. The van der Waals surface area contributed by atoms with Crippen LogP contribution >= 0.6 is 15.9 Å². The number of fused-ring (bicyclic) bond motifs is 1. The fraction of sp³-hybridized carbons (Fsp3) is 0.125. The number of hydrogen-bond donors (Lipinski definition) is 0. The fourth-order valence-corrected chi connectivity index (χ4v) is 3.66. The Morgan fingerprint density at radius 2 is 1.81 bits per heavy atom. The van der Waals surface area contributed by atoms with Crippen molar-refractivity contribution in [2.24, 2.45) is 0 Å². The Labute approximate surface area is 187 Å². The van der Waals surface area contributed by atoms with Crippen molar-refractivity contribution in [3.05, 3.63) is 88.3 Å². The molecule has 2 heterocycles. The number of ketones is 1. The monoisotopic (exact) mass is 478 g/mol. The second-order valence-electron chi connectivity index (χ2n) is 6.73. The fourth-order valence-electron chi connectivity index (χ4n) is 3.40. The highest BCUT2D eigenvalue weighted by molar-refractivity contribution is 9.10. The molecule has 6 nitrogen and oxygen atoms in total. The molecular weight excluding hydrogens is 460 g/mol. The maximum absolute atomic E-state index is 13.2. The van der Waals surface area contributed by atoms with Crippen molar-refractivity contribution in [1.82, 2.24) is 9.38 Å². The third-order valence-corrected chi connectivity index (χ3v) is 5.41. The van der Waals surface area contributed by atoms with Gasteiger partial charge in [0.15, 0.2) is 0 Å². The second-order valence-corrected chi connectivity index (χ2v) is 7.65. The lowest BCUT2D eigenvalue weighted by Crippen LogP contribution is -2.05. The van der Waals surface area contributed by atoms with Crippen molar-refractivity contribution < 1.29 is 19.1 Å². The molecule has 0 aliphatic rings. The number of ether oxygens (including phenoxy) is 2. The lowest BCUT2D eigenvalue weighted by Gasteiger charge is -2.09. The molecule has 4 aromatic rings. The minimum absolute atomic E-state index is 0.218. The van der Waals surface area contributed by atoms with Crippen molar-refractivity contribution in [1.29, 1.82) is 0 Å². The SMILES string of the molecule is CCOC(=O)c1cc(C(=O)c2ccc(Br)cc2)n2cnc(-c3ccccc3OC)cc12. The Morgan fingerprint density at radius 3 is 2.52 bits per heavy atom. The zero-order chi connectivity index (χ0) is 22.0. The van der Waals surface area contributed by atoms with Crippen molar-refractivity contribution in [3.63, 3.8) is 0 Å². The van der Waals surface area contributed by atoms with Crippen LogP contribution in [0.4, 0.5) is 0 Å². The first-order chi connectivity index (χ1) is 15.0. The zero-order valence-electron chi connectivity index (χ0n) is 17.0. The van der Waals surface area contributed by atoms with Crippen molar-refractivity contribution in [2.75, 3.05) is 13.7 Å². The molecule has 0 fully saturated rings. The van der Waals surface area contributed by atoms with E-state index in [1.165, 1.54) is 0 Å². The van der Waals surface area contributed by atoms with Gasteiger partial charge in [0.2, 0.25) is 5.78 Å². The summed E-state index contributed by atoms with van der Waals surface area (Å²) in [6.07, 6.45) is 1.55. The maximum Gasteiger partial charge on any atom is 0.340 e. The van der Waals surface area contributed by atoms with Crippen LogP contribution in [0, 0.1) is 0 Å². The summed E-state index contributed by atoms with van der Waals surface area (Å²) in [6, 6.07) is 17.9. The van der Waals surface area contributed by atoms with Gasteiger partial charge in [0.25, 0.3) is 0 Å². The Balaban J connectivity index is 1.89. The van der Waals surface area contributed by atoms with Crippen LogP contribution < -0.4 is 4.74 Å². The molecule has 4 rings (SSSR count). The molecule has 2 aromatic heterocycles. The highest BCUT2D eigenvalue weighted by Gasteiger charge is 2.22. The average Bonchev–Trinajstić information content (AvgIpc) is 3.18. The normalized spacial score (nSPS) is 10.8. The summed E-state index contributed by atoms with van der Waals surface area (Å²) >= 11 is 3.37. The molecule has 0 amide bonds. The Kier molecular flexibility index (Phi) is 5.86. The molecule has 0 saturated carbocycles. The van der Waals surface area contributed by atoms with Gasteiger partial charge in [-0.05, 0) is 55.5 Å². The average molecular weight is 479 g/mol. The molecule has 0 saturated heterocycles. The number of hydrogen-bond acceptors (Lipinski definition) is 5. The number of rotatable bonds is 6. The number of aromatic nitrogens is 2. The topological polar surface area (TPSA) is 69.9 Å². The van der Waals surface area contributed by atoms with Gasteiger partial charge in [0.05, 0.1) is 36.2 Å². The van der Waals surface area contributed by atoms with Gasteiger partial charge in [-0.3, -0.25) is 9.20 Å². The summed E-state index contributed by atoms with van der Waals surface area (Å²) in [5, 5.41) is 0. The van der Waals surface area contributed by atoms with Crippen LogP contribution in [0.3, 0.4) is 0 Å². The summed E-state index contributed by atoms with van der Waals surface area (Å²) in [7, 11) is 1.59. The predicted octanol–water partition coefficient (Wildman–Crippen LogP) is 5.18. The van der Waals surface area contributed by atoms with Gasteiger partial charge in [-0.15, -0.1) is 0 Å². The minimum Gasteiger partial charge on any atom is -0.496 e. The van der Waals surface area contributed by atoms with Crippen molar-refractivity contribution in [3.8, 4) is 17.0 Å². The largest absolute Gasteiger partial charge is 0.496 e. The first-order valence-electron chi connectivity index (χ1n) is 9.65. The summed E-state index contributed by atoms with van der Waals surface area (Å²) < 4.78 is 13.2. The van der Waals surface area contributed by atoms with Gasteiger partial charge >= 0.3 is 5.97 Å². The smallest absolute Gasteiger partial charge is 0.340 e. The first kappa shape index (κ1) is 20.8. The number of para-hydroxylation sites is 1. The van der Waals surface area contributed by atoms with Crippen molar-refractivity contribution in [2.45, 2.75) is 6.92 Å². The van der Waals surface area contributed by atoms with Crippen LogP contribution in [-0.2, 0) is 4.74 Å². The summed E-state index contributed by atoms with van der Waals surface area (Å²) in [6.45, 7) is 1.97. The minimum atomic E-state index is -0.493. The third-order valence-electron chi connectivity index (χ3n) is 4.88. The molecule has 0 radical (unpaired) electrons. The molecule has 31 heavy (non-hydrogen) atoms. The standard InChI is InChI=1S/C24H19BrN2O4/c1-3-31-24(29)18-12-21(23(28)15-8-10-16(25)11-9-15)27-14-26-19(13-20(18)27)17-6-4-5-7-22(17)30-2/h4-14H,3H2,1-2H3. The Morgan fingerprint density at radius 1 is 1.06 bits per heavy atom. The molecule has 0 atom stereocenters. The number of nitrogens with zero attached hydrogens (tertiary/aromatic N) is 2. The van der Waals surface area contributed by atoms with Crippen LogP contribution in [0.1, 0.15) is 33.3 Å². The van der Waals surface area contributed by atoms with Gasteiger partial charge in [-0.25, -0.2) is 9.78 Å². The summed E-state index contributed by atoms with van der Waals surface area (Å²) in [4.78, 5) is 30.4. The quantitative estimate of drug-likeness (QED) is 0.282. The maximum atomic E-state index is 13.2. The van der Waals surface area contributed by atoms with E-state index in [2.05, 4.69) is 20.9 Å². The van der Waals surface area contributed by atoms with Crippen LogP contribution in [0.2, 0.25) is 0 Å². The van der Waals surface area contributed by atoms with Gasteiger partial charge in [0, 0.05) is 15.6 Å². The Hall–Kier alpha value is -3.45. The number of carbonyl (C=O) groups is 2. The predicted molar refractivity (Wildman–Crippen MR) is 121 cm³/mol. The Bertz CT molecular complexity index is 1280. The van der Waals surface area contributed by atoms with Crippen LogP contribution in [0.15, 0.2) is 71.5 Å². The lowest BCUT2D eigenvalue weighted by molar-refractivity contribution is 0.0529. The molecule has 0 unspecified atom stereocenters. The molecule has 0 aliphatic heterocycles. The van der Waals surface area contributed by atoms with Gasteiger partial charge < -0.3 is 9.47 Å². The second kappa shape index (κ2) is 8.73. The number of benzene rings is 2.